The van der Waals surface area contributed by atoms with E-state index in [-0.39, 0.29) is 0 Å². The van der Waals surface area contributed by atoms with E-state index in [9.17, 15) is 0 Å². The molecule has 0 radical (unpaired) electrons. The molecule has 0 aromatic carbocycles. The van der Waals surface area contributed by atoms with Crippen LogP contribution in [0.1, 0.15) is 111 Å². The molecular formula is C18H50. The fourth-order valence-corrected chi connectivity index (χ4v) is 0. The van der Waals surface area contributed by atoms with Gasteiger partial charge >= 0.3 is 0 Å². The third-order valence-electron chi connectivity index (χ3n) is 0. The Bertz CT molecular complexity index is 15.5. The summed E-state index contributed by atoms with van der Waals surface area (Å²) in [6.07, 6.45) is 0. The van der Waals surface area contributed by atoms with Crippen LogP contribution in [0.5, 0.6) is 0 Å². The van der Waals surface area contributed by atoms with Crippen molar-refractivity contribution < 1.29 is 0 Å². The van der Waals surface area contributed by atoms with E-state index in [2.05, 4.69) is 41.5 Å². The number of rotatable bonds is 0. The van der Waals surface area contributed by atoms with Crippen LogP contribution in [0.25, 0.3) is 0 Å². The number of hydrogen-bond donors (Lipinski definition) is 0. The van der Waals surface area contributed by atoms with E-state index in [1.165, 1.54) is 0 Å². The second kappa shape index (κ2) is 121. The van der Waals surface area contributed by atoms with Gasteiger partial charge in [0.1, 0.15) is 0 Å². The van der Waals surface area contributed by atoms with E-state index < -0.39 is 0 Å². The lowest BCUT2D eigenvalue weighted by Crippen LogP contribution is -1.66. The molecule has 0 heteroatoms. The van der Waals surface area contributed by atoms with E-state index in [1.54, 1.807) is 0 Å². The molecular weight excluding hydrogens is 216 g/mol. The van der Waals surface area contributed by atoms with Crippen molar-refractivity contribution in [1.29, 1.82) is 0 Å². The van der Waals surface area contributed by atoms with Gasteiger partial charge in [0.25, 0.3) is 0 Å². The lowest BCUT2D eigenvalue weighted by Gasteiger charge is -1.79. The fourth-order valence-electron chi connectivity index (χ4n) is 0. The largest absolute Gasteiger partial charge is 0.0683 e. The average molecular weight is 267 g/mol. The Balaban J connectivity index is -0.0000000163. The molecule has 18 heavy (non-hydrogen) atoms. The smallest absolute Gasteiger partial charge is 0.0500 e. The van der Waals surface area contributed by atoms with E-state index in [4.69, 9.17) is 0 Å². The van der Waals surface area contributed by atoms with E-state index >= 15 is 0 Å². The first-order valence-corrected chi connectivity index (χ1v) is 8.46. The van der Waals surface area contributed by atoms with Crippen LogP contribution in [0.15, 0.2) is 0 Å². The summed E-state index contributed by atoms with van der Waals surface area (Å²) < 4.78 is 0. The van der Waals surface area contributed by atoms with Crippen LogP contribution in [-0.2, 0) is 0 Å². The Labute approximate surface area is 123 Å². The van der Waals surface area contributed by atoms with Gasteiger partial charge in [0.05, 0.1) is 0 Å². The molecule has 0 rings (SSSR count). The van der Waals surface area contributed by atoms with E-state index in [1.807, 2.05) is 69.2 Å². The van der Waals surface area contributed by atoms with Crippen molar-refractivity contribution >= 4 is 0 Å². The van der Waals surface area contributed by atoms with Crippen LogP contribution in [0.2, 0.25) is 0 Å². The summed E-state index contributed by atoms with van der Waals surface area (Å²) in [5.41, 5.74) is 0. The highest BCUT2D eigenvalue weighted by molar-refractivity contribution is 4.21. The van der Waals surface area contributed by atoms with Crippen molar-refractivity contribution in [3.63, 3.8) is 0 Å². The van der Waals surface area contributed by atoms with Gasteiger partial charge in [0, 0.05) is 0 Å². The van der Waals surface area contributed by atoms with Gasteiger partial charge in [0.2, 0.25) is 0 Å². The van der Waals surface area contributed by atoms with Gasteiger partial charge < -0.3 is 0 Å². The van der Waals surface area contributed by atoms with Crippen molar-refractivity contribution in [2.24, 2.45) is 11.8 Å². The summed E-state index contributed by atoms with van der Waals surface area (Å²) in [5.74, 6) is 1.67. The Morgan fingerprint density at radius 2 is 0.278 bits per heavy atom. The molecule has 122 valence electrons. The molecule has 0 aromatic heterocycles. The minimum Gasteiger partial charge on any atom is -0.0683 e. The lowest BCUT2D eigenvalue weighted by molar-refractivity contribution is 0.736. The van der Waals surface area contributed by atoms with Crippen LogP contribution in [0, 0.1) is 11.8 Å². The molecule has 0 fully saturated rings. The van der Waals surface area contributed by atoms with Crippen LogP contribution in [0.3, 0.4) is 0 Å². The molecule has 0 amide bonds. The maximum atomic E-state index is 2.17. The highest BCUT2D eigenvalue weighted by atomic mass is 13.7. The molecule has 0 atom stereocenters. The molecule has 0 unspecified atom stereocenters. The third kappa shape index (κ3) is 0. The predicted molar refractivity (Wildman–Crippen MR) is 97.8 cm³/mol. The summed E-state index contributed by atoms with van der Waals surface area (Å²) in [5, 5.41) is 0. The average Bonchev–Trinajstić information content (AvgIpc) is 2.39. The van der Waals surface area contributed by atoms with Crippen LogP contribution in [0.4, 0.5) is 0 Å². The first-order valence-electron chi connectivity index (χ1n) is 8.46. The zero-order valence-corrected chi connectivity index (χ0v) is 17.2. The monoisotopic (exact) mass is 266 g/mol. The third-order valence-corrected chi connectivity index (χ3v) is 0. The van der Waals surface area contributed by atoms with Crippen molar-refractivity contribution in [2.75, 3.05) is 0 Å². The van der Waals surface area contributed by atoms with Crippen LogP contribution >= 0.6 is 0 Å². The van der Waals surface area contributed by atoms with Gasteiger partial charge in [-0.3, -0.25) is 0 Å². The van der Waals surface area contributed by atoms with Crippen LogP contribution in [-0.4, -0.2) is 0 Å². The fraction of sp³-hybridized carbons (Fsp3) is 1.00. The predicted octanol–water partition coefficient (Wildman–Crippen LogP) is 8.46. The van der Waals surface area contributed by atoms with Crippen molar-refractivity contribution in [3.05, 3.63) is 0 Å². The van der Waals surface area contributed by atoms with Gasteiger partial charge in [-0.15, -0.1) is 0 Å². The summed E-state index contributed by atoms with van der Waals surface area (Å²) in [6.45, 7) is 33.0. The molecule has 0 bridgehead atoms. The molecule has 0 spiro atoms. The summed E-state index contributed by atoms with van der Waals surface area (Å²) >= 11 is 0. The first kappa shape index (κ1) is 43.0. The van der Waals surface area contributed by atoms with Crippen molar-refractivity contribution in [2.45, 2.75) is 111 Å². The molecule has 0 nitrogen and oxygen atoms in total. The SMILES string of the molecule is CC.CC.CC.CC.CC.CC(C)C.CC(C)C. The highest BCUT2D eigenvalue weighted by Gasteiger charge is 1.68. The van der Waals surface area contributed by atoms with Gasteiger partial charge in [-0.1, -0.05) is 111 Å². The van der Waals surface area contributed by atoms with Crippen molar-refractivity contribution in [3.8, 4) is 0 Å². The Morgan fingerprint density at radius 3 is 0.278 bits per heavy atom. The molecule has 0 aliphatic heterocycles. The topological polar surface area (TPSA) is 0 Å². The first-order chi connectivity index (χ1) is 8.46. The van der Waals surface area contributed by atoms with Gasteiger partial charge in [-0.25, -0.2) is 0 Å². The normalized spacial score (nSPS) is 5.67. The van der Waals surface area contributed by atoms with Gasteiger partial charge in [-0.05, 0) is 11.8 Å². The quantitative estimate of drug-likeness (QED) is 0.412. The Hall–Kier alpha value is 0. The zero-order chi connectivity index (χ0) is 17.2. The van der Waals surface area contributed by atoms with Crippen molar-refractivity contribution in [1.82, 2.24) is 0 Å². The maximum Gasteiger partial charge on any atom is -0.0500 e. The molecule has 0 heterocycles. The molecule has 0 saturated heterocycles. The molecule has 0 aliphatic rings. The van der Waals surface area contributed by atoms with E-state index in [0.29, 0.717) is 0 Å². The highest BCUT2D eigenvalue weighted by Crippen LogP contribution is 1.81. The molecule has 0 saturated carbocycles. The zero-order valence-electron chi connectivity index (χ0n) is 17.2. The Kier molecular flexibility index (Phi) is 289. The second-order valence-corrected chi connectivity index (χ2v) is 3.46. The molecule has 0 N–H and O–H groups in total. The van der Waals surface area contributed by atoms with Gasteiger partial charge in [0.15, 0.2) is 0 Å². The van der Waals surface area contributed by atoms with E-state index in [0.717, 1.165) is 11.8 Å². The lowest BCUT2D eigenvalue weighted by atomic mass is 10.3. The summed E-state index contributed by atoms with van der Waals surface area (Å²) in [7, 11) is 0. The maximum absolute atomic E-state index is 2.17. The Morgan fingerprint density at radius 1 is 0.278 bits per heavy atom. The standard InChI is InChI=1S/2C4H10.5C2H6/c2*1-4(2)3;5*1-2/h2*4H,1-3H3;5*1-2H3. The summed E-state index contributed by atoms with van der Waals surface area (Å²) in [6, 6.07) is 0. The summed E-state index contributed by atoms with van der Waals surface area (Å²) in [4.78, 5) is 0. The number of hydrogen-bond acceptors (Lipinski definition) is 0. The second-order valence-electron chi connectivity index (χ2n) is 3.46. The minimum absolute atomic E-state index is 0.833. The minimum atomic E-state index is 0.833. The molecule has 0 aromatic rings. The van der Waals surface area contributed by atoms with Crippen LogP contribution < -0.4 is 0 Å². The van der Waals surface area contributed by atoms with Gasteiger partial charge in [-0.2, -0.15) is 0 Å². The molecule has 0 aliphatic carbocycles.